The van der Waals surface area contributed by atoms with E-state index in [-0.39, 0.29) is 5.82 Å². The molecule has 0 aliphatic carbocycles. The van der Waals surface area contributed by atoms with Gasteiger partial charge >= 0.3 is 0 Å². The standard InChI is InChI=1S/C16H17FN4/c1-2-5-12-9-18-16(20-12)13-10-19-21-15(13)8-11-6-3-4-7-14(11)17/h3-4,6-7,9-10H,2,5,8H2,1H3,(H,18,20)(H,19,21). The highest BCUT2D eigenvalue weighted by Crippen LogP contribution is 2.22. The highest BCUT2D eigenvalue weighted by atomic mass is 19.1. The normalized spacial score (nSPS) is 11.0. The van der Waals surface area contributed by atoms with Gasteiger partial charge in [-0.2, -0.15) is 5.10 Å². The van der Waals surface area contributed by atoms with E-state index in [2.05, 4.69) is 27.1 Å². The van der Waals surface area contributed by atoms with Crippen LogP contribution in [0.15, 0.2) is 36.7 Å². The number of aryl methyl sites for hydroxylation is 1. The fraction of sp³-hybridized carbons (Fsp3) is 0.250. The quantitative estimate of drug-likeness (QED) is 0.753. The van der Waals surface area contributed by atoms with Gasteiger partial charge in [0.1, 0.15) is 11.6 Å². The van der Waals surface area contributed by atoms with E-state index in [1.165, 1.54) is 6.07 Å². The molecule has 0 aliphatic heterocycles. The van der Waals surface area contributed by atoms with E-state index in [9.17, 15) is 4.39 Å². The molecule has 0 saturated carbocycles. The molecule has 108 valence electrons. The number of H-pyrrole nitrogens is 2. The van der Waals surface area contributed by atoms with Crippen molar-refractivity contribution in [3.05, 3.63) is 59.4 Å². The van der Waals surface area contributed by atoms with Crippen LogP contribution >= 0.6 is 0 Å². The molecule has 0 fully saturated rings. The Kier molecular flexibility index (Phi) is 3.81. The molecule has 0 saturated heterocycles. The Balaban J connectivity index is 1.88. The second-order valence-corrected chi connectivity index (χ2v) is 5.04. The zero-order valence-electron chi connectivity index (χ0n) is 11.9. The average molecular weight is 284 g/mol. The summed E-state index contributed by atoms with van der Waals surface area (Å²) in [5.41, 5.74) is 3.49. The molecule has 2 aromatic heterocycles. The van der Waals surface area contributed by atoms with Gasteiger partial charge in [0, 0.05) is 18.3 Å². The van der Waals surface area contributed by atoms with Crippen molar-refractivity contribution in [3.63, 3.8) is 0 Å². The van der Waals surface area contributed by atoms with Crippen LogP contribution in [0.5, 0.6) is 0 Å². The molecule has 5 heteroatoms. The highest BCUT2D eigenvalue weighted by molar-refractivity contribution is 5.58. The Morgan fingerprint density at radius 3 is 2.86 bits per heavy atom. The zero-order valence-corrected chi connectivity index (χ0v) is 11.9. The molecule has 0 atom stereocenters. The van der Waals surface area contributed by atoms with E-state index in [4.69, 9.17) is 0 Å². The minimum atomic E-state index is -0.204. The van der Waals surface area contributed by atoms with Crippen LogP contribution in [0.2, 0.25) is 0 Å². The van der Waals surface area contributed by atoms with E-state index in [0.717, 1.165) is 35.6 Å². The first-order chi connectivity index (χ1) is 10.3. The number of aromatic nitrogens is 4. The van der Waals surface area contributed by atoms with Gasteiger partial charge in [-0.1, -0.05) is 31.5 Å². The van der Waals surface area contributed by atoms with Crippen molar-refractivity contribution >= 4 is 0 Å². The van der Waals surface area contributed by atoms with Crippen molar-refractivity contribution < 1.29 is 4.39 Å². The number of rotatable bonds is 5. The van der Waals surface area contributed by atoms with Gasteiger partial charge in [-0.3, -0.25) is 5.10 Å². The summed E-state index contributed by atoms with van der Waals surface area (Å²) in [4.78, 5) is 7.69. The predicted molar refractivity (Wildman–Crippen MR) is 79.4 cm³/mol. The Morgan fingerprint density at radius 1 is 1.19 bits per heavy atom. The molecule has 0 amide bonds. The molecule has 2 N–H and O–H groups in total. The summed E-state index contributed by atoms with van der Waals surface area (Å²) in [5, 5.41) is 7.02. The number of benzene rings is 1. The molecule has 3 aromatic rings. The van der Waals surface area contributed by atoms with Gasteiger partial charge in [-0.25, -0.2) is 9.37 Å². The number of hydrogen-bond donors (Lipinski definition) is 2. The Labute approximate surface area is 122 Å². The van der Waals surface area contributed by atoms with Gasteiger partial charge in [0.2, 0.25) is 0 Å². The molecule has 0 spiro atoms. The van der Waals surface area contributed by atoms with Crippen LogP contribution in [0.3, 0.4) is 0 Å². The fourth-order valence-corrected chi connectivity index (χ4v) is 2.38. The van der Waals surface area contributed by atoms with Crippen LogP contribution in [0.4, 0.5) is 4.39 Å². The maximum absolute atomic E-state index is 13.8. The summed E-state index contributed by atoms with van der Waals surface area (Å²) in [7, 11) is 0. The molecule has 0 aliphatic rings. The van der Waals surface area contributed by atoms with Gasteiger partial charge in [-0.05, 0) is 18.1 Å². The lowest BCUT2D eigenvalue weighted by Crippen LogP contribution is -1.95. The fourth-order valence-electron chi connectivity index (χ4n) is 2.38. The summed E-state index contributed by atoms with van der Waals surface area (Å²) in [6.45, 7) is 2.13. The predicted octanol–water partition coefficient (Wildman–Crippen LogP) is 3.48. The largest absolute Gasteiger partial charge is 0.342 e. The highest BCUT2D eigenvalue weighted by Gasteiger charge is 2.13. The lowest BCUT2D eigenvalue weighted by molar-refractivity contribution is 0.613. The molecule has 21 heavy (non-hydrogen) atoms. The minimum absolute atomic E-state index is 0.204. The van der Waals surface area contributed by atoms with Crippen LogP contribution in [-0.4, -0.2) is 20.2 Å². The number of nitrogens with one attached hydrogen (secondary N) is 2. The third-order valence-corrected chi connectivity index (χ3v) is 3.45. The molecular weight excluding hydrogens is 267 g/mol. The number of aromatic amines is 2. The third kappa shape index (κ3) is 2.86. The minimum Gasteiger partial charge on any atom is -0.342 e. The molecule has 2 heterocycles. The molecule has 3 rings (SSSR count). The molecule has 1 aromatic carbocycles. The summed E-state index contributed by atoms with van der Waals surface area (Å²) >= 11 is 0. The van der Waals surface area contributed by atoms with Gasteiger partial charge < -0.3 is 4.98 Å². The van der Waals surface area contributed by atoms with Crippen molar-refractivity contribution in [2.45, 2.75) is 26.2 Å². The van der Waals surface area contributed by atoms with Crippen molar-refractivity contribution in [2.24, 2.45) is 0 Å². The van der Waals surface area contributed by atoms with Gasteiger partial charge in [0.25, 0.3) is 0 Å². The molecular formula is C16H17FN4. The number of halogens is 1. The van der Waals surface area contributed by atoms with Gasteiger partial charge in [0.05, 0.1) is 17.5 Å². The van der Waals surface area contributed by atoms with Crippen LogP contribution in [0, 0.1) is 5.82 Å². The zero-order chi connectivity index (χ0) is 14.7. The van der Waals surface area contributed by atoms with Crippen LogP contribution in [-0.2, 0) is 12.8 Å². The second kappa shape index (κ2) is 5.91. The van der Waals surface area contributed by atoms with Crippen molar-refractivity contribution in [1.29, 1.82) is 0 Å². The van der Waals surface area contributed by atoms with E-state index in [1.807, 2.05) is 12.3 Å². The topological polar surface area (TPSA) is 57.4 Å². The Bertz CT molecular complexity index is 729. The summed E-state index contributed by atoms with van der Waals surface area (Å²) in [5.74, 6) is 0.572. The van der Waals surface area contributed by atoms with E-state index >= 15 is 0 Å². The summed E-state index contributed by atoms with van der Waals surface area (Å²) < 4.78 is 13.8. The third-order valence-electron chi connectivity index (χ3n) is 3.45. The van der Waals surface area contributed by atoms with E-state index in [0.29, 0.717) is 12.0 Å². The first kappa shape index (κ1) is 13.5. The van der Waals surface area contributed by atoms with E-state index < -0.39 is 0 Å². The maximum Gasteiger partial charge on any atom is 0.140 e. The van der Waals surface area contributed by atoms with Crippen LogP contribution in [0.25, 0.3) is 11.4 Å². The molecule has 0 radical (unpaired) electrons. The lowest BCUT2D eigenvalue weighted by Gasteiger charge is -2.03. The summed E-state index contributed by atoms with van der Waals surface area (Å²) in [6, 6.07) is 6.78. The smallest absolute Gasteiger partial charge is 0.140 e. The Morgan fingerprint density at radius 2 is 2.05 bits per heavy atom. The van der Waals surface area contributed by atoms with Crippen molar-refractivity contribution in [1.82, 2.24) is 20.2 Å². The Hall–Kier alpha value is -2.43. The number of nitrogens with zero attached hydrogens (tertiary/aromatic N) is 2. The van der Waals surface area contributed by atoms with Gasteiger partial charge in [0.15, 0.2) is 0 Å². The van der Waals surface area contributed by atoms with Crippen LogP contribution in [0.1, 0.15) is 30.3 Å². The number of hydrogen-bond acceptors (Lipinski definition) is 2. The van der Waals surface area contributed by atoms with Crippen molar-refractivity contribution in [3.8, 4) is 11.4 Å². The monoisotopic (exact) mass is 284 g/mol. The second-order valence-electron chi connectivity index (χ2n) is 5.04. The number of imidazole rings is 1. The average Bonchev–Trinajstić information content (AvgIpc) is 3.11. The van der Waals surface area contributed by atoms with E-state index in [1.54, 1.807) is 18.3 Å². The van der Waals surface area contributed by atoms with Crippen LogP contribution < -0.4 is 0 Å². The SMILES string of the molecule is CCCc1cnc(-c2cn[nH]c2Cc2ccccc2F)[nH]1. The first-order valence-electron chi connectivity index (χ1n) is 7.08. The van der Waals surface area contributed by atoms with Gasteiger partial charge in [-0.15, -0.1) is 0 Å². The van der Waals surface area contributed by atoms with Crippen molar-refractivity contribution in [2.75, 3.05) is 0 Å². The lowest BCUT2D eigenvalue weighted by atomic mass is 10.1. The molecule has 4 nitrogen and oxygen atoms in total. The maximum atomic E-state index is 13.8. The molecule has 0 bridgehead atoms. The summed E-state index contributed by atoms with van der Waals surface area (Å²) in [6.07, 6.45) is 6.07. The first-order valence-corrected chi connectivity index (χ1v) is 7.08. The molecule has 0 unspecified atom stereocenters.